The Hall–Kier alpha value is -1.11. The maximum atomic E-state index is 12.0. The zero-order valence-electron chi connectivity index (χ0n) is 9.07. The summed E-state index contributed by atoms with van der Waals surface area (Å²) in [7, 11) is 0. The van der Waals surface area contributed by atoms with Crippen LogP contribution < -0.4 is 11.1 Å². The maximum absolute atomic E-state index is 12.0. The number of para-hydroxylation sites is 1. The summed E-state index contributed by atoms with van der Waals surface area (Å²) in [6.07, 6.45) is 0.480. The van der Waals surface area contributed by atoms with E-state index in [-0.39, 0.29) is 18.3 Å². The van der Waals surface area contributed by atoms with Gasteiger partial charge in [0, 0.05) is 6.61 Å². The highest BCUT2D eigenvalue weighted by atomic mass is 79.9. The normalized spacial score (nSPS) is 23.6. The highest BCUT2D eigenvalue weighted by Crippen LogP contribution is 2.32. The average Bonchev–Trinajstić information content (AvgIpc) is 2.73. The van der Waals surface area contributed by atoms with Crippen LogP contribution in [0.15, 0.2) is 22.7 Å². The van der Waals surface area contributed by atoms with Crippen molar-refractivity contribution in [2.45, 2.75) is 12.0 Å². The number of rotatable bonds is 2. The molecule has 2 rings (SSSR count). The number of phenolic OH excluding ortho intramolecular Hbond substituents is 1. The number of benzene rings is 1. The Bertz CT molecular complexity index is 444. The van der Waals surface area contributed by atoms with Crippen molar-refractivity contribution in [2.24, 2.45) is 5.73 Å². The Morgan fingerprint density at radius 3 is 3.00 bits per heavy atom. The van der Waals surface area contributed by atoms with Gasteiger partial charge < -0.3 is 20.9 Å². The zero-order valence-corrected chi connectivity index (χ0v) is 10.7. The van der Waals surface area contributed by atoms with Crippen LogP contribution >= 0.6 is 15.9 Å². The summed E-state index contributed by atoms with van der Waals surface area (Å²) in [6.45, 7) is 0.683. The smallest absolute Gasteiger partial charge is 0.247 e. The van der Waals surface area contributed by atoms with E-state index < -0.39 is 5.54 Å². The number of nitrogens with one attached hydrogen (secondary N) is 1. The molecule has 0 bridgehead atoms. The van der Waals surface area contributed by atoms with Gasteiger partial charge in [-0.15, -0.1) is 0 Å². The molecule has 1 aliphatic heterocycles. The van der Waals surface area contributed by atoms with Gasteiger partial charge in [-0.05, 0) is 34.5 Å². The van der Waals surface area contributed by atoms with Crippen LogP contribution in [0.1, 0.15) is 6.42 Å². The summed E-state index contributed by atoms with van der Waals surface area (Å²) in [5, 5.41) is 12.3. The van der Waals surface area contributed by atoms with Gasteiger partial charge in [0.25, 0.3) is 0 Å². The third-order valence-electron chi connectivity index (χ3n) is 2.74. The molecule has 5 nitrogen and oxygen atoms in total. The second-order valence-electron chi connectivity index (χ2n) is 4.05. The number of carbonyl (C=O) groups excluding carboxylic acids is 1. The van der Waals surface area contributed by atoms with Crippen molar-refractivity contribution in [2.75, 3.05) is 18.5 Å². The van der Waals surface area contributed by atoms with E-state index >= 15 is 0 Å². The fourth-order valence-corrected chi connectivity index (χ4v) is 1.99. The zero-order chi connectivity index (χ0) is 12.5. The van der Waals surface area contributed by atoms with Crippen molar-refractivity contribution in [3.8, 4) is 5.75 Å². The summed E-state index contributed by atoms with van der Waals surface area (Å²) in [5.41, 5.74) is 5.24. The Kier molecular flexibility index (Phi) is 3.37. The predicted molar refractivity (Wildman–Crippen MR) is 66.8 cm³/mol. The predicted octanol–water partition coefficient (Wildman–Crippen LogP) is 1.21. The quantitative estimate of drug-likeness (QED) is 0.717. The minimum Gasteiger partial charge on any atom is -0.505 e. The molecular weight excluding hydrogens is 288 g/mol. The number of hydrogen-bond donors (Lipinski definition) is 3. The van der Waals surface area contributed by atoms with Crippen molar-refractivity contribution >= 4 is 27.5 Å². The molecule has 1 fully saturated rings. The SMILES string of the molecule is NC1(C(=O)Nc2cccc(Br)c2O)CCOC1. The minimum absolute atomic E-state index is 0.0108. The van der Waals surface area contributed by atoms with Crippen LogP contribution in [0.3, 0.4) is 0 Å². The molecule has 1 aromatic carbocycles. The number of hydrogen-bond acceptors (Lipinski definition) is 4. The molecular formula is C11H13BrN2O3. The number of amides is 1. The lowest BCUT2D eigenvalue weighted by Crippen LogP contribution is -2.51. The van der Waals surface area contributed by atoms with Gasteiger partial charge >= 0.3 is 0 Å². The van der Waals surface area contributed by atoms with E-state index in [1.54, 1.807) is 18.2 Å². The van der Waals surface area contributed by atoms with Gasteiger partial charge in [-0.2, -0.15) is 0 Å². The van der Waals surface area contributed by atoms with Crippen LogP contribution in [0.2, 0.25) is 0 Å². The molecule has 0 saturated carbocycles. The lowest BCUT2D eigenvalue weighted by Gasteiger charge is -2.21. The second-order valence-corrected chi connectivity index (χ2v) is 4.90. The average molecular weight is 301 g/mol. The third-order valence-corrected chi connectivity index (χ3v) is 3.38. The number of nitrogens with two attached hydrogens (primary N) is 1. The first-order valence-corrected chi connectivity index (χ1v) is 5.98. The number of ether oxygens (including phenoxy) is 1. The number of carbonyl (C=O) groups is 1. The largest absolute Gasteiger partial charge is 0.505 e. The first-order valence-electron chi connectivity index (χ1n) is 5.18. The molecule has 17 heavy (non-hydrogen) atoms. The van der Waals surface area contributed by atoms with Crippen LogP contribution in [0.4, 0.5) is 5.69 Å². The monoisotopic (exact) mass is 300 g/mol. The van der Waals surface area contributed by atoms with Crippen LogP contribution in [0, 0.1) is 0 Å². The van der Waals surface area contributed by atoms with Crippen LogP contribution in [0.5, 0.6) is 5.75 Å². The van der Waals surface area contributed by atoms with Crippen molar-refractivity contribution < 1.29 is 14.6 Å². The molecule has 1 aromatic rings. The van der Waals surface area contributed by atoms with Crippen molar-refractivity contribution in [1.29, 1.82) is 0 Å². The topological polar surface area (TPSA) is 84.6 Å². The maximum Gasteiger partial charge on any atom is 0.247 e. The molecule has 4 N–H and O–H groups in total. The van der Waals surface area contributed by atoms with Crippen molar-refractivity contribution in [3.63, 3.8) is 0 Å². The van der Waals surface area contributed by atoms with Gasteiger partial charge in [-0.1, -0.05) is 6.07 Å². The molecule has 1 atom stereocenters. The van der Waals surface area contributed by atoms with E-state index in [4.69, 9.17) is 10.5 Å². The van der Waals surface area contributed by atoms with Crippen LogP contribution in [-0.4, -0.2) is 29.8 Å². The molecule has 6 heteroatoms. The highest BCUT2D eigenvalue weighted by Gasteiger charge is 2.38. The first kappa shape index (κ1) is 12.3. The summed E-state index contributed by atoms with van der Waals surface area (Å²) in [5.74, 6) is -0.355. The Morgan fingerprint density at radius 2 is 2.35 bits per heavy atom. The lowest BCUT2D eigenvalue weighted by atomic mass is 9.99. The molecule has 1 heterocycles. The molecule has 0 spiro atoms. The van der Waals surface area contributed by atoms with Crippen molar-refractivity contribution in [1.82, 2.24) is 0 Å². The summed E-state index contributed by atoms with van der Waals surface area (Å²) in [4.78, 5) is 12.0. The standard InChI is InChI=1S/C11H13BrN2O3/c12-7-2-1-3-8(9(7)15)14-10(16)11(13)4-5-17-6-11/h1-3,15H,4-6,13H2,(H,14,16). The summed E-state index contributed by atoms with van der Waals surface area (Å²) in [6, 6.07) is 5.01. The van der Waals surface area contributed by atoms with E-state index in [0.717, 1.165) is 0 Å². The van der Waals surface area contributed by atoms with Gasteiger partial charge in [0.1, 0.15) is 5.54 Å². The van der Waals surface area contributed by atoms with E-state index in [1.165, 1.54) is 0 Å². The fraction of sp³-hybridized carbons (Fsp3) is 0.364. The third kappa shape index (κ3) is 2.43. The van der Waals surface area contributed by atoms with E-state index in [2.05, 4.69) is 21.2 Å². The minimum atomic E-state index is -1.01. The molecule has 0 radical (unpaired) electrons. The number of halogens is 1. The van der Waals surface area contributed by atoms with E-state index in [9.17, 15) is 9.90 Å². The van der Waals surface area contributed by atoms with Crippen molar-refractivity contribution in [3.05, 3.63) is 22.7 Å². The van der Waals surface area contributed by atoms with E-state index in [0.29, 0.717) is 23.2 Å². The van der Waals surface area contributed by atoms with Gasteiger partial charge in [0.15, 0.2) is 5.75 Å². The van der Waals surface area contributed by atoms with E-state index in [1.807, 2.05) is 0 Å². The lowest BCUT2D eigenvalue weighted by molar-refractivity contribution is -0.121. The second kappa shape index (κ2) is 4.64. The van der Waals surface area contributed by atoms with Gasteiger partial charge in [0.05, 0.1) is 16.8 Å². The Morgan fingerprint density at radius 1 is 1.59 bits per heavy atom. The molecule has 92 valence electrons. The van der Waals surface area contributed by atoms with Gasteiger partial charge in [0.2, 0.25) is 5.91 Å². The first-order chi connectivity index (χ1) is 8.03. The molecule has 0 aromatic heterocycles. The molecule has 0 aliphatic carbocycles. The summed E-state index contributed by atoms with van der Waals surface area (Å²) >= 11 is 3.18. The Labute approximate surface area is 107 Å². The van der Waals surface area contributed by atoms with Crippen LogP contribution in [0.25, 0.3) is 0 Å². The molecule has 1 amide bonds. The van der Waals surface area contributed by atoms with Gasteiger partial charge in [-0.3, -0.25) is 4.79 Å². The number of anilines is 1. The number of phenols is 1. The summed E-state index contributed by atoms with van der Waals surface area (Å²) < 4.78 is 5.63. The van der Waals surface area contributed by atoms with Gasteiger partial charge in [-0.25, -0.2) is 0 Å². The van der Waals surface area contributed by atoms with Crippen LogP contribution in [-0.2, 0) is 9.53 Å². The molecule has 1 saturated heterocycles. The molecule has 1 unspecified atom stereocenters. The highest BCUT2D eigenvalue weighted by molar-refractivity contribution is 9.10. The Balaban J connectivity index is 2.16. The number of aromatic hydroxyl groups is 1. The fourth-order valence-electron chi connectivity index (χ4n) is 1.62. The molecule has 1 aliphatic rings.